The van der Waals surface area contributed by atoms with Gasteiger partial charge in [-0.15, -0.1) is 0 Å². The smallest absolute Gasteiger partial charge is 0.239 e. The van der Waals surface area contributed by atoms with Crippen LogP contribution in [0, 0.1) is 0 Å². The summed E-state index contributed by atoms with van der Waals surface area (Å²) in [6, 6.07) is 0.386. The zero-order chi connectivity index (χ0) is 9.14. The fourth-order valence-corrected chi connectivity index (χ4v) is 1.40. The SMILES string of the molecule is CC(C)N(C)C(=O)[C@@H]1CCCN1. The van der Waals surface area contributed by atoms with Crippen LogP contribution in [0.5, 0.6) is 0 Å². The molecule has 0 bridgehead atoms. The van der Waals surface area contributed by atoms with Crippen molar-refractivity contribution in [2.45, 2.75) is 38.8 Å². The fraction of sp³-hybridized carbons (Fsp3) is 0.889. The molecule has 3 heteroatoms. The third kappa shape index (κ3) is 1.97. The van der Waals surface area contributed by atoms with Gasteiger partial charge in [-0.05, 0) is 33.2 Å². The van der Waals surface area contributed by atoms with E-state index < -0.39 is 0 Å². The summed E-state index contributed by atoms with van der Waals surface area (Å²) < 4.78 is 0. The Morgan fingerprint density at radius 3 is 2.67 bits per heavy atom. The molecule has 0 aromatic rings. The van der Waals surface area contributed by atoms with Crippen molar-refractivity contribution in [1.82, 2.24) is 10.2 Å². The van der Waals surface area contributed by atoms with Crippen LogP contribution in [-0.4, -0.2) is 36.5 Å². The van der Waals surface area contributed by atoms with Crippen molar-refractivity contribution in [3.8, 4) is 0 Å². The van der Waals surface area contributed by atoms with Crippen LogP contribution in [0.3, 0.4) is 0 Å². The molecule has 1 heterocycles. The maximum atomic E-state index is 11.7. The van der Waals surface area contributed by atoms with Gasteiger partial charge >= 0.3 is 0 Å². The van der Waals surface area contributed by atoms with Crippen LogP contribution < -0.4 is 5.32 Å². The maximum Gasteiger partial charge on any atom is 0.239 e. The maximum absolute atomic E-state index is 11.7. The first-order valence-electron chi connectivity index (χ1n) is 4.63. The van der Waals surface area contributed by atoms with E-state index in [0.717, 1.165) is 19.4 Å². The molecule has 0 unspecified atom stereocenters. The molecular weight excluding hydrogens is 152 g/mol. The van der Waals surface area contributed by atoms with E-state index in [1.807, 2.05) is 25.8 Å². The number of rotatable bonds is 2. The highest BCUT2D eigenvalue weighted by molar-refractivity contribution is 5.82. The summed E-state index contributed by atoms with van der Waals surface area (Å²) in [6.45, 7) is 5.06. The zero-order valence-corrected chi connectivity index (χ0v) is 8.13. The lowest BCUT2D eigenvalue weighted by Gasteiger charge is -2.24. The number of carbonyl (C=O) groups excluding carboxylic acids is 1. The van der Waals surface area contributed by atoms with Crippen LogP contribution in [0.1, 0.15) is 26.7 Å². The van der Waals surface area contributed by atoms with Crippen molar-refractivity contribution < 1.29 is 4.79 Å². The number of amides is 1. The monoisotopic (exact) mass is 170 g/mol. The topological polar surface area (TPSA) is 32.3 Å². The minimum absolute atomic E-state index is 0.0809. The van der Waals surface area contributed by atoms with Crippen molar-refractivity contribution in [1.29, 1.82) is 0 Å². The Morgan fingerprint density at radius 1 is 1.58 bits per heavy atom. The molecule has 1 aliphatic heterocycles. The van der Waals surface area contributed by atoms with E-state index in [9.17, 15) is 4.79 Å². The highest BCUT2D eigenvalue weighted by Crippen LogP contribution is 2.08. The fourth-order valence-electron chi connectivity index (χ4n) is 1.40. The van der Waals surface area contributed by atoms with Gasteiger partial charge in [0.05, 0.1) is 6.04 Å². The Kier molecular flexibility index (Phi) is 3.09. The van der Waals surface area contributed by atoms with E-state index in [0.29, 0.717) is 6.04 Å². The van der Waals surface area contributed by atoms with Crippen LogP contribution in [0.2, 0.25) is 0 Å². The Bertz CT molecular complexity index is 158. The van der Waals surface area contributed by atoms with Gasteiger partial charge in [-0.25, -0.2) is 0 Å². The van der Waals surface area contributed by atoms with Gasteiger partial charge in [0, 0.05) is 13.1 Å². The minimum atomic E-state index is 0.0809. The van der Waals surface area contributed by atoms with Crippen LogP contribution in [-0.2, 0) is 4.79 Å². The van der Waals surface area contributed by atoms with Crippen LogP contribution >= 0.6 is 0 Å². The average molecular weight is 170 g/mol. The molecule has 1 amide bonds. The Labute approximate surface area is 74.1 Å². The predicted molar refractivity (Wildman–Crippen MR) is 48.9 cm³/mol. The molecule has 1 rings (SSSR count). The molecule has 1 fully saturated rings. The molecule has 1 N–H and O–H groups in total. The second-order valence-corrected chi connectivity index (χ2v) is 3.69. The van der Waals surface area contributed by atoms with Crippen molar-refractivity contribution in [2.75, 3.05) is 13.6 Å². The number of nitrogens with one attached hydrogen (secondary N) is 1. The summed E-state index contributed by atoms with van der Waals surface area (Å²) in [6.07, 6.45) is 2.12. The van der Waals surface area contributed by atoms with Crippen LogP contribution in [0.25, 0.3) is 0 Å². The second kappa shape index (κ2) is 3.90. The van der Waals surface area contributed by atoms with E-state index in [1.165, 1.54) is 0 Å². The van der Waals surface area contributed by atoms with E-state index in [1.54, 1.807) is 0 Å². The molecule has 0 aliphatic carbocycles. The van der Waals surface area contributed by atoms with Crippen LogP contribution in [0.4, 0.5) is 0 Å². The standard InChI is InChI=1S/C9H18N2O/c1-7(2)11(3)9(12)8-5-4-6-10-8/h7-8,10H,4-6H2,1-3H3/t8-/m0/s1. The zero-order valence-electron chi connectivity index (χ0n) is 8.13. The van der Waals surface area contributed by atoms with Crippen molar-refractivity contribution in [3.05, 3.63) is 0 Å². The molecule has 0 aromatic heterocycles. The molecule has 0 saturated carbocycles. The first-order valence-corrected chi connectivity index (χ1v) is 4.63. The van der Waals surface area contributed by atoms with Gasteiger partial charge in [0.25, 0.3) is 0 Å². The Morgan fingerprint density at radius 2 is 2.25 bits per heavy atom. The van der Waals surface area contributed by atoms with Crippen molar-refractivity contribution in [2.24, 2.45) is 0 Å². The summed E-state index contributed by atoms with van der Waals surface area (Å²) in [4.78, 5) is 13.5. The summed E-state index contributed by atoms with van der Waals surface area (Å²) in [5.74, 6) is 0.238. The van der Waals surface area contributed by atoms with Gasteiger partial charge in [-0.3, -0.25) is 4.79 Å². The lowest BCUT2D eigenvalue weighted by atomic mass is 10.2. The Hall–Kier alpha value is -0.570. The predicted octanol–water partition coefficient (Wildman–Crippen LogP) is 0.605. The molecule has 0 spiro atoms. The number of nitrogens with zero attached hydrogens (tertiary/aromatic N) is 1. The molecule has 70 valence electrons. The van der Waals surface area contributed by atoms with E-state index in [-0.39, 0.29) is 11.9 Å². The third-order valence-electron chi connectivity index (χ3n) is 2.48. The normalized spacial score (nSPS) is 23.2. The van der Waals surface area contributed by atoms with Crippen LogP contribution in [0.15, 0.2) is 0 Å². The molecule has 1 aliphatic rings. The number of carbonyl (C=O) groups is 1. The number of likely N-dealkylation sites (N-methyl/N-ethyl adjacent to an activating group) is 1. The molecule has 1 saturated heterocycles. The van der Waals surface area contributed by atoms with Crippen molar-refractivity contribution >= 4 is 5.91 Å². The largest absolute Gasteiger partial charge is 0.342 e. The average Bonchev–Trinajstić information content (AvgIpc) is 2.53. The van der Waals surface area contributed by atoms with Gasteiger partial charge in [-0.2, -0.15) is 0 Å². The quantitative estimate of drug-likeness (QED) is 0.658. The lowest BCUT2D eigenvalue weighted by Crippen LogP contribution is -2.44. The second-order valence-electron chi connectivity index (χ2n) is 3.69. The highest BCUT2D eigenvalue weighted by atomic mass is 16.2. The minimum Gasteiger partial charge on any atom is -0.342 e. The molecular formula is C9H18N2O. The molecule has 3 nitrogen and oxygen atoms in total. The van der Waals surface area contributed by atoms with Gasteiger partial charge in [0.1, 0.15) is 0 Å². The van der Waals surface area contributed by atoms with Gasteiger partial charge < -0.3 is 10.2 Å². The summed E-state index contributed by atoms with van der Waals surface area (Å²) in [5.41, 5.74) is 0. The van der Waals surface area contributed by atoms with Gasteiger partial charge in [0.2, 0.25) is 5.91 Å². The lowest BCUT2D eigenvalue weighted by molar-refractivity contribution is -0.133. The van der Waals surface area contributed by atoms with E-state index in [4.69, 9.17) is 0 Å². The van der Waals surface area contributed by atoms with E-state index >= 15 is 0 Å². The Balaban J connectivity index is 2.45. The highest BCUT2D eigenvalue weighted by Gasteiger charge is 2.25. The van der Waals surface area contributed by atoms with Gasteiger partial charge in [0.15, 0.2) is 0 Å². The first kappa shape index (κ1) is 9.52. The van der Waals surface area contributed by atoms with Gasteiger partial charge in [-0.1, -0.05) is 0 Å². The molecule has 0 aromatic carbocycles. The molecule has 1 atom stereocenters. The first-order chi connectivity index (χ1) is 5.63. The summed E-state index contributed by atoms with van der Waals surface area (Å²) in [5, 5.41) is 3.20. The van der Waals surface area contributed by atoms with E-state index in [2.05, 4.69) is 5.32 Å². The molecule has 12 heavy (non-hydrogen) atoms. The number of hydrogen-bond acceptors (Lipinski definition) is 2. The third-order valence-corrected chi connectivity index (χ3v) is 2.48. The molecule has 0 radical (unpaired) electrons. The van der Waals surface area contributed by atoms with Crippen molar-refractivity contribution in [3.63, 3.8) is 0 Å². The summed E-state index contributed by atoms with van der Waals surface area (Å²) in [7, 11) is 1.87. The summed E-state index contributed by atoms with van der Waals surface area (Å²) >= 11 is 0. The number of hydrogen-bond donors (Lipinski definition) is 1.